The summed E-state index contributed by atoms with van der Waals surface area (Å²) >= 11 is 0. The molecule has 0 heterocycles. The molecule has 0 saturated heterocycles. The van der Waals surface area contributed by atoms with Gasteiger partial charge in [0.25, 0.3) is 0 Å². The lowest BCUT2D eigenvalue weighted by Gasteiger charge is -2.22. The Bertz CT molecular complexity index is 295. The fourth-order valence-electron chi connectivity index (χ4n) is 1.58. The Morgan fingerprint density at radius 2 is 1.94 bits per heavy atom. The summed E-state index contributed by atoms with van der Waals surface area (Å²) in [5.74, 6) is -1.14. The molecule has 5 heteroatoms. The standard InChI is InChI=1S/C11H19NO4/c1-11(2,3)16-10(14)8(12)6-5-7(6)9(13)15-4/h6-8H,5,12H2,1-4H3/t6-,7-,8?/m1/s1. The van der Waals surface area contributed by atoms with E-state index in [1.54, 1.807) is 20.8 Å². The summed E-state index contributed by atoms with van der Waals surface area (Å²) in [4.78, 5) is 22.8. The highest BCUT2D eigenvalue weighted by molar-refractivity contribution is 5.81. The van der Waals surface area contributed by atoms with Gasteiger partial charge >= 0.3 is 11.9 Å². The van der Waals surface area contributed by atoms with Crippen molar-refractivity contribution < 1.29 is 19.1 Å². The molecule has 1 unspecified atom stereocenters. The van der Waals surface area contributed by atoms with Crippen molar-refractivity contribution in [2.45, 2.75) is 38.8 Å². The van der Waals surface area contributed by atoms with Crippen LogP contribution in [0, 0.1) is 11.8 Å². The summed E-state index contributed by atoms with van der Waals surface area (Å²) in [5.41, 5.74) is 5.18. The average Bonchev–Trinajstić information content (AvgIpc) is 2.92. The predicted molar refractivity (Wildman–Crippen MR) is 57.4 cm³/mol. The average molecular weight is 229 g/mol. The summed E-state index contributed by atoms with van der Waals surface area (Å²) in [5, 5.41) is 0. The SMILES string of the molecule is COC(=O)[C@@H]1C[C@H]1C(N)C(=O)OC(C)(C)C. The number of methoxy groups -OCH3 is 1. The molecule has 0 aliphatic heterocycles. The quantitative estimate of drug-likeness (QED) is 0.711. The minimum absolute atomic E-state index is 0.137. The lowest BCUT2D eigenvalue weighted by molar-refractivity contribution is -0.157. The highest BCUT2D eigenvalue weighted by Gasteiger charge is 2.50. The van der Waals surface area contributed by atoms with Gasteiger partial charge < -0.3 is 15.2 Å². The van der Waals surface area contributed by atoms with Crippen LogP contribution in [0.25, 0.3) is 0 Å². The normalized spacial score (nSPS) is 25.8. The molecular formula is C11H19NO4. The van der Waals surface area contributed by atoms with Crippen molar-refractivity contribution in [1.82, 2.24) is 0 Å². The molecule has 0 aromatic heterocycles. The predicted octanol–water partition coefficient (Wildman–Crippen LogP) is 0.464. The van der Waals surface area contributed by atoms with E-state index in [1.807, 2.05) is 0 Å². The lowest BCUT2D eigenvalue weighted by Crippen LogP contribution is -2.39. The molecule has 1 rings (SSSR count). The van der Waals surface area contributed by atoms with Crippen molar-refractivity contribution >= 4 is 11.9 Å². The molecule has 2 N–H and O–H groups in total. The zero-order valence-electron chi connectivity index (χ0n) is 10.1. The Labute approximate surface area is 95.3 Å². The van der Waals surface area contributed by atoms with E-state index >= 15 is 0 Å². The first-order valence-corrected chi connectivity index (χ1v) is 5.32. The first-order chi connectivity index (χ1) is 7.26. The largest absolute Gasteiger partial charge is 0.469 e. The van der Waals surface area contributed by atoms with Gasteiger partial charge in [-0.25, -0.2) is 0 Å². The summed E-state index contributed by atoms with van der Waals surface area (Å²) in [7, 11) is 1.33. The second kappa shape index (κ2) is 4.41. The minimum Gasteiger partial charge on any atom is -0.469 e. The van der Waals surface area contributed by atoms with Gasteiger partial charge in [-0.05, 0) is 33.1 Å². The maximum Gasteiger partial charge on any atom is 0.323 e. The van der Waals surface area contributed by atoms with Crippen LogP contribution in [-0.2, 0) is 19.1 Å². The molecule has 0 aromatic rings. The van der Waals surface area contributed by atoms with E-state index in [4.69, 9.17) is 10.5 Å². The monoisotopic (exact) mass is 229 g/mol. The van der Waals surface area contributed by atoms with E-state index in [0.717, 1.165) is 0 Å². The third-order valence-electron chi connectivity index (χ3n) is 2.48. The van der Waals surface area contributed by atoms with Crippen molar-refractivity contribution in [3.8, 4) is 0 Å². The van der Waals surface area contributed by atoms with Crippen molar-refractivity contribution in [3.63, 3.8) is 0 Å². The molecule has 1 fully saturated rings. The van der Waals surface area contributed by atoms with Crippen molar-refractivity contribution in [2.75, 3.05) is 7.11 Å². The Balaban J connectivity index is 2.46. The van der Waals surface area contributed by atoms with Crippen LogP contribution in [0.5, 0.6) is 0 Å². The fourth-order valence-corrected chi connectivity index (χ4v) is 1.58. The van der Waals surface area contributed by atoms with Crippen LogP contribution in [0.15, 0.2) is 0 Å². The molecule has 3 atom stereocenters. The zero-order chi connectivity index (χ0) is 12.5. The number of nitrogens with two attached hydrogens (primary N) is 1. The maximum atomic E-state index is 11.6. The summed E-state index contributed by atoms with van der Waals surface area (Å²) in [6.07, 6.45) is 0.604. The maximum absolute atomic E-state index is 11.6. The summed E-state index contributed by atoms with van der Waals surface area (Å²) in [6, 6.07) is -0.733. The third-order valence-corrected chi connectivity index (χ3v) is 2.48. The second-order valence-corrected chi connectivity index (χ2v) is 5.09. The van der Waals surface area contributed by atoms with Crippen molar-refractivity contribution in [3.05, 3.63) is 0 Å². The molecule has 1 saturated carbocycles. The number of hydrogen-bond donors (Lipinski definition) is 1. The van der Waals surface area contributed by atoms with Crippen molar-refractivity contribution in [2.24, 2.45) is 17.6 Å². The molecular weight excluding hydrogens is 210 g/mol. The van der Waals surface area contributed by atoms with Gasteiger partial charge in [-0.1, -0.05) is 0 Å². The van der Waals surface area contributed by atoms with Gasteiger partial charge in [0.05, 0.1) is 13.0 Å². The molecule has 0 radical (unpaired) electrons. The number of rotatable bonds is 3. The number of carbonyl (C=O) groups is 2. The number of hydrogen-bond acceptors (Lipinski definition) is 5. The zero-order valence-corrected chi connectivity index (χ0v) is 10.1. The van der Waals surface area contributed by atoms with E-state index in [1.165, 1.54) is 7.11 Å². The molecule has 0 bridgehead atoms. The Kier molecular flexibility index (Phi) is 3.57. The van der Waals surface area contributed by atoms with Gasteiger partial charge in [0.15, 0.2) is 0 Å². The van der Waals surface area contributed by atoms with Gasteiger partial charge in [0.2, 0.25) is 0 Å². The van der Waals surface area contributed by atoms with E-state index in [9.17, 15) is 9.59 Å². The molecule has 92 valence electrons. The van der Waals surface area contributed by atoms with Crippen LogP contribution in [0.1, 0.15) is 27.2 Å². The van der Waals surface area contributed by atoms with Crippen LogP contribution in [-0.4, -0.2) is 30.7 Å². The molecule has 16 heavy (non-hydrogen) atoms. The van der Waals surface area contributed by atoms with Crippen LogP contribution in [0.4, 0.5) is 0 Å². The van der Waals surface area contributed by atoms with Gasteiger partial charge in [-0.3, -0.25) is 9.59 Å². The van der Waals surface area contributed by atoms with E-state index in [0.29, 0.717) is 6.42 Å². The lowest BCUT2D eigenvalue weighted by atomic mass is 10.1. The highest BCUT2D eigenvalue weighted by Crippen LogP contribution is 2.41. The first-order valence-electron chi connectivity index (χ1n) is 5.32. The Morgan fingerprint density at radius 3 is 2.38 bits per heavy atom. The van der Waals surface area contributed by atoms with E-state index in [2.05, 4.69) is 4.74 Å². The topological polar surface area (TPSA) is 78.6 Å². The van der Waals surface area contributed by atoms with Crippen LogP contribution in [0.3, 0.4) is 0 Å². The van der Waals surface area contributed by atoms with Crippen LogP contribution in [0.2, 0.25) is 0 Å². The van der Waals surface area contributed by atoms with Crippen LogP contribution >= 0.6 is 0 Å². The first kappa shape index (κ1) is 13.0. The fraction of sp³-hybridized carbons (Fsp3) is 0.818. The molecule has 1 aliphatic rings. The molecule has 1 aliphatic carbocycles. The third kappa shape index (κ3) is 3.20. The number of carbonyl (C=O) groups excluding carboxylic acids is 2. The van der Waals surface area contributed by atoms with E-state index in [-0.39, 0.29) is 17.8 Å². The highest BCUT2D eigenvalue weighted by atomic mass is 16.6. The second-order valence-electron chi connectivity index (χ2n) is 5.09. The van der Waals surface area contributed by atoms with Gasteiger partial charge in [0.1, 0.15) is 11.6 Å². The van der Waals surface area contributed by atoms with Gasteiger partial charge in [-0.2, -0.15) is 0 Å². The van der Waals surface area contributed by atoms with Gasteiger partial charge in [-0.15, -0.1) is 0 Å². The van der Waals surface area contributed by atoms with Gasteiger partial charge in [0, 0.05) is 0 Å². The summed E-state index contributed by atoms with van der Waals surface area (Å²) in [6.45, 7) is 5.34. The number of ether oxygens (including phenoxy) is 2. The molecule has 0 amide bonds. The molecule has 5 nitrogen and oxygen atoms in total. The minimum atomic E-state index is -0.733. The number of esters is 2. The van der Waals surface area contributed by atoms with Crippen LogP contribution < -0.4 is 5.73 Å². The van der Waals surface area contributed by atoms with Crippen molar-refractivity contribution in [1.29, 1.82) is 0 Å². The Hall–Kier alpha value is -1.10. The molecule has 0 spiro atoms. The Morgan fingerprint density at radius 1 is 1.38 bits per heavy atom. The smallest absolute Gasteiger partial charge is 0.323 e. The van der Waals surface area contributed by atoms with E-state index < -0.39 is 17.6 Å². The summed E-state index contributed by atoms with van der Waals surface area (Å²) < 4.78 is 9.74. The molecule has 0 aromatic carbocycles.